The van der Waals surface area contributed by atoms with Crippen LogP contribution in [0, 0.1) is 0 Å². The zero-order valence-corrected chi connectivity index (χ0v) is 13.5. The summed E-state index contributed by atoms with van der Waals surface area (Å²) in [5.41, 5.74) is 1.76. The van der Waals surface area contributed by atoms with Gasteiger partial charge in [-0.2, -0.15) is 0 Å². The Hall–Kier alpha value is -2.08. The van der Waals surface area contributed by atoms with E-state index >= 15 is 0 Å². The Balaban J connectivity index is 1.38. The lowest BCUT2D eigenvalue weighted by atomic mass is 10.2. The van der Waals surface area contributed by atoms with Crippen molar-refractivity contribution in [3.63, 3.8) is 0 Å². The van der Waals surface area contributed by atoms with E-state index in [0.29, 0.717) is 12.6 Å². The maximum atomic E-state index is 11.6. The van der Waals surface area contributed by atoms with E-state index in [1.54, 1.807) is 4.90 Å². The van der Waals surface area contributed by atoms with Crippen LogP contribution in [0.4, 0.5) is 4.79 Å². The Bertz CT molecular complexity index is 622. The molecule has 1 fully saturated rings. The Morgan fingerprint density at radius 2 is 2.35 bits per heavy atom. The molecule has 3 rings (SSSR count). The van der Waals surface area contributed by atoms with Crippen molar-refractivity contribution in [3.8, 4) is 0 Å². The quantitative estimate of drug-likeness (QED) is 0.829. The van der Waals surface area contributed by atoms with Crippen LogP contribution in [-0.4, -0.2) is 48.3 Å². The first kappa shape index (κ1) is 15.8. The van der Waals surface area contributed by atoms with Gasteiger partial charge in [-0.25, -0.2) is 9.78 Å². The minimum absolute atomic E-state index is 0.205. The van der Waals surface area contributed by atoms with Crippen LogP contribution in [0.3, 0.4) is 0 Å². The third-order valence-corrected chi connectivity index (χ3v) is 4.05. The number of nitrogens with zero attached hydrogens (tertiary/aromatic N) is 2. The van der Waals surface area contributed by atoms with Crippen molar-refractivity contribution < 1.29 is 13.9 Å². The van der Waals surface area contributed by atoms with Crippen molar-refractivity contribution in [1.82, 2.24) is 15.2 Å². The average Bonchev–Trinajstić information content (AvgIpc) is 3.18. The molecule has 0 saturated carbocycles. The number of amides is 1. The number of likely N-dealkylation sites (tertiary alicyclic amines) is 1. The molecule has 1 aromatic heterocycles. The van der Waals surface area contributed by atoms with Crippen LogP contribution in [0.1, 0.15) is 25.7 Å². The number of ether oxygens (including phenoxy) is 1. The average molecular weight is 317 g/mol. The number of carbonyl (C=O) groups is 1. The van der Waals surface area contributed by atoms with Gasteiger partial charge < -0.3 is 19.4 Å². The minimum atomic E-state index is -0.205. The Labute approximate surface area is 135 Å². The molecule has 1 saturated heterocycles. The number of carbonyl (C=O) groups excluding carboxylic acids is 1. The van der Waals surface area contributed by atoms with Gasteiger partial charge in [0.2, 0.25) is 0 Å². The van der Waals surface area contributed by atoms with Crippen LogP contribution in [0.15, 0.2) is 28.7 Å². The van der Waals surface area contributed by atoms with Crippen LogP contribution in [0.25, 0.3) is 11.1 Å². The molecule has 6 nitrogen and oxygen atoms in total. The fraction of sp³-hybridized carbons (Fsp3) is 0.529. The normalized spacial score (nSPS) is 17.8. The van der Waals surface area contributed by atoms with E-state index in [-0.39, 0.29) is 6.09 Å². The maximum absolute atomic E-state index is 11.6. The standard InChI is InChI=1S/C17H23N3O3/c1-2-22-17(21)20-11-9-13(12-20)18-10-5-8-16-19-14-6-3-4-7-15(14)23-16/h3-4,6-7,13,18H,2,5,8-12H2,1H3/t13-/m0/s1. The second kappa shape index (κ2) is 7.46. The molecule has 2 aromatic rings. The smallest absolute Gasteiger partial charge is 0.409 e. The molecule has 0 radical (unpaired) electrons. The minimum Gasteiger partial charge on any atom is -0.450 e. The number of benzene rings is 1. The third-order valence-electron chi connectivity index (χ3n) is 4.05. The molecule has 1 aliphatic heterocycles. The molecule has 2 heterocycles. The summed E-state index contributed by atoms with van der Waals surface area (Å²) in [6.07, 6.45) is 2.55. The van der Waals surface area contributed by atoms with Crippen LogP contribution in [-0.2, 0) is 11.2 Å². The number of nitrogens with one attached hydrogen (secondary N) is 1. The number of aromatic nitrogens is 1. The zero-order chi connectivity index (χ0) is 16.1. The predicted octanol–water partition coefficient (Wildman–Crippen LogP) is 2.58. The molecule has 0 spiro atoms. The Morgan fingerprint density at radius 1 is 1.48 bits per heavy atom. The molecular weight excluding hydrogens is 294 g/mol. The number of aryl methyl sites for hydroxylation is 1. The van der Waals surface area contributed by atoms with E-state index in [1.807, 2.05) is 31.2 Å². The number of rotatable bonds is 6. The molecule has 0 unspecified atom stereocenters. The van der Waals surface area contributed by atoms with Gasteiger partial charge >= 0.3 is 6.09 Å². The second-order valence-electron chi connectivity index (χ2n) is 5.76. The van der Waals surface area contributed by atoms with Gasteiger partial charge in [-0.15, -0.1) is 0 Å². The predicted molar refractivity (Wildman–Crippen MR) is 87.3 cm³/mol. The fourth-order valence-electron chi connectivity index (χ4n) is 2.88. The van der Waals surface area contributed by atoms with Crippen LogP contribution < -0.4 is 5.32 Å². The topological polar surface area (TPSA) is 67.6 Å². The van der Waals surface area contributed by atoms with Gasteiger partial charge in [-0.3, -0.25) is 0 Å². The lowest BCUT2D eigenvalue weighted by Crippen LogP contribution is -2.35. The largest absolute Gasteiger partial charge is 0.450 e. The molecular formula is C17H23N3O3. The van der Waals surface area contributed by atoms with Gasteiger partial charge in [0.05, 0.1) is 6.61 Å². The van der Waals surface area contributed by atoms with Crippen molar-refractivity contribution in [2.75, 3.05) is 26.2 Å². The first-order valence-corrected chi connectivity index (χ1v) is 8.26. The molecule has 124 valence electrons. The van der Waals surface area contributed by atoms with Crippen molar-refractivity contribution in [2.45, 2.75) is 32.2 Å². The molecule has 1 N–H and O–H groups in total. The van der Waals surface area contributed by atoms with Crippen molar-refractivity contribution in [1.29, 1.82) is 0 Å². The number of para-hydroxylation sites is 2. The highest BCUT2D eigenvalue weighted by Crippen LogP contribution is 2.15. The summed E-state index contributed by atoms with van der Waals surface area (Å²) in [7, 11) is 0. The van der Waals surface area contributed by atoms with Crippen LogP contribution in [0.2, 0.25) is 0 Å². The van der Waals surface area contributed by atoms with Crippen molar-refractivity contribution >= 4 is 17.2 Å². The SMILES string of the molecule is CCOC(=O)N1CC[C@H](NCCCc2nc3ccccc3o2)C1. The van der Waals surface area contributed by atoms with Gasteiger partial charge in [0, 0.05) is 25.6 Å². The molecule has 6 heteroatoms. The highest BCUT2D eigenvalue weighted by atomic mass is 16.6. The van der Waals surface area contributed by atoms with E-state index in [9.17, 15) is 4.79 Å². The number of oxazole rings is 1. The first-order valence-electron chi connectivity index (χ1n) is 8.26. The zero-order valence-electron chi connectivity index (χ0n) is 13.5. The highest BCUT2D eigenvalue weighted by Gasteiger charge is 2.26. The summed E-state index contributed by atoms with van der Waals surface area (Å²) in [4.78, 5) is 17.9. The molecule has 0 bridgehead atoms. The number of hydrogen-bond acceptors (Lipinski definition) is 5. The molecule has 1 amide bonds. The van der Waals surface area contributed by atoms with E-state index in [0.717, 1.165) is 55.9 Å². The number of hydrogen-bond donors (Lipinski definition) is 1. The van der Waals surface area contributed by atoms with Crippen molar-refractivity contribution in [2.24, 2.45) is 0 Å². The first-order chi connectivity index (χ1) is 11.3. The maximum Gasteiger partial charge on any atom is 0.409 e. The lowest BCUT2D eigenvalue weighted by Gasteiger charge is -2.16. The summed E-state index contributed by atoms with van der Waals surface area (Å²) in [5.74, 6) is 0.785. The van der Waals surface area contributed by atoms with E-state index in [2.05, 4.69) is 10.3 Å². The fourth-order valence-corrected chi connectivity index (χ4v) is 2.88. The summed E-state index contributed by atoms with van der Waals surface area (Å²) in [6.45, 7) is 4.64. The molecule has 0 aliphatic carbocycles. The van der Waals surface area contributed by atoms with E-state index in [1.165, 1.54) is 0 Å². The summed E-state index contributed by atoms with van der Waals surface area (Å²) < 4.78 is 10.7. The molecule has 1 aliphatic rings. The second-order valence-corrected chi connectivity index (χ2v) is 5.76. The van der Waals surface area contributed by atoms with Crippen LogP contribution in [0.5, 0.6) is 0 Å². The molecule has 1 atom stereocenters. The Kier molecular flexibility index (Phi) is 5.12. The number of fused-ring (bicyclic) bond motifs is 1. The van der Waals surface area contributed by atoms with Gasteiger partial charge in [-0.1, -0.05) is 12.1 Å². The third kappa shape index (κ3) is 4.01. The summed E-state index contributed by atoms with van der Waals surface area (Å²) in [6, 6.07) is 8.17. The van der Waals surface area contributed by atoms with Gasteiger partial charge in [0.25, 0.3) is 0 Å². The van der Waals surface area contributed by atoms with Crippen LogP contribution >= 0.6 is 0 Å². The molecule has 23 heavy (non-hydrogen) atoms. The van der Waals surface area contributed by atoms with E-state index < -0.39 is 0 Å². The van der Waals surface area contributed by atoms with Crippen molar-refractivity contribution in [3.05, 3.63) is 30.2 Å². The highest BCUT2D eigenvalue weighted by molar-refractivity contribution is 5.72. The van der Waals surface area contributed by atoms with E-state index in [4.69, 9.17) is 9.15 Å². The monoisotopic (exact) mass is 317 g/mol. The van der Waals surface area contributed by atoms with Gasteiger partial charge in [0.1, 0.15) is 5.52 Å². The molecule has 1 aromatic carbocycles. The van der Waals surface area contributed by atoms with Gasteiger partial charge in [0.15, 0.2) is 11.5 Å². The lowest BCUT2D eigenvalue weighted by molar-refractivity contribution is 0.115. The van der Waals surface area contributed by atoms with Gasteiger partial charge in [-0.05, 0) is 38.4 Å². The summed E-state index contributed by atoms with van der Waals surface area (Å²) >= 11 is 0. The Morgan fingerprint density at radius 3 is 3.17 bits per heavy atom. The summed E-state index contributed by atoms with van der Waals surface area (Å²) in [5, 5.41) is 3.49.